The van der Waals surface area contributed by atoms with Crippen LogP contribution in [0.4, 0.5) is 5.69 Å². The van der Waals surface area contributed by atoms with Gasteiger partial charge in [0.1, 0.15) is 0 Å². The van der Waals surface area contributed by atoms with Gasteiger partial charge in [0.05, 0.1) is 10.7 Å². The fourth-order valence-corrected chi connectivity index (χ4v) is 3.67. The summed E-state index contributed by atoms with van der Waals surface area (Å²) in [7, 11) is 0. The Kier molecular flexibility index (Phi) is 8.77. The van der Waals surface area contributed by atoms with Gasteiger partial charge in [-0.05, 0) is 37.2 Å². The fraction of sp³-hybridized carbons (Fsp3) is 0.632. The van der Waals surface area contributed by atoms with Crippen molar-refractivity contribution in [2.75, 3.05) is 5.32 Å². The number of nitrogens with one attached hydrogen (secondary N) is 2. The number of anilines is 1. The zero-order valence-electron chi connectivity index (χ0n) is 14.0. The van der Waals surface area contributed by atoms with Gasteiger partial charge in [-0.3, -0.25) is 0 Å². The van der Waals surface area contributed by atoms with Crippen LogP contribution in [0.2, 0.25) is 5.02 Å². The Morgan fingerprint density at radius 3 is 1.96 bits per heavy atom. The number of rotatable bonds is 2. The van der Waals surface area contributed by atoms with Gasteiger partial charge in [-0.25, -0.2) is 0 Å². The van der Waals surface area contributed by atoms with Crippen LogP contribution < -0.4 is 10.6 Å². The molecule has 2 rings (SSSR count). The van der Waals surface area contributed by atoms with Crippen LogP contribution in [0.15, 0.2) is 24.3 Å². The molecule has 0 radical (unpaired) electrons. The average Bonchev–Trinajstić information content (AvgIpc) is 2.52. The molecule has 0 spiro atoms. The summed E-state index contributed by atoms with van der Waals surface area (Å²) in [6.07, 6.45) is 14.7. The quantitative estimate of drug-likeness (QED) is 0.610. The van der Waals surface area contributed by atoms with Crippen molar-refractivity contribution in [1.82, 2.24) is 5.32 Å². The van der Waals surface area contributed by atoms with Crippen LogP contribution in [0.25, 0.3) is 0 Å². The smallest absolute Gasteiger partial charge is 0.171 e. The number of hydrogen-bond acceptors (Lipinski definition) is 1. The van der Waals surface area contributed by atoms with Gasteiger partial charge in [-0.1, -0.05) is 81.5 Å². The van der Waals surface area contributed by atoms with E-state index in [0.29, 0.717) is 16.2 Å². The van der Waals surface area contributed by atoms with Crippen LogP contribution in [-0.4, -0.2) is 11.2 Å². The van der Waals surface area contributed by atoms with Crippen molar-refractivity contribution in [3.63, 3.8) is 0 Å². The summed E-state index contributed by atoms with van der Waals surface area (Å²) in [4.78, 5) is 0. The second-order valence-corrected chi connectivity index (χ2v) is 7.35. The lowest BCUT2D eigenvalue weighted by molar-refractivity contribution is 0.444. The van der Waals surface area contributed by atoms with E-state index in [9.17, 15) is 0 Å². The van der Waals surface area contributed by atoms with E-state index in [1.54, 1.807) is 0 Å². The first-order valence-electron chi connectivity index (χ1n) is 9.08. The van der Waals surface area contributed by atoms with Gasteiger partial charge < -0.3 is 10.6 Å². The van der Waals surface area contributed by atoms with Crippen LogP contribution in [0.3, 0.4) is 0 Å². The number of para-hydroxylation sites is 1. The molecule has 2 N–H and O–H groups in total. The maximum absolute atomic E-state index is 6.18. The molecule has 0 atom stereocenters. The fourth-order valence-electron chi connectivity index (χ4n) is 3.21. The summed E-state index contributed by atoms with van der Waals surface area (Å²) in [6, 6.07) is 8.21. The van der Waals surface area contributed by atoms with Crippen molar-refractivity contribution in [1.29, 1.82) is 0 Å². The molecular formula is C19H29ClN2S. The van der Waals surface area contributed by atoms with Gasteiger partial charge in [-0.2, -0.15) is 0 Å². The highest BCUT2D eigenvalue weighted by molar-refractivity contribution is 7.80. The lowest BCUT2D eigenvalue weighted by Gasteiger charge is -2.22. The minimum absolute atomic E-state index is 0.483. The van der Waals surface area contributed by atoms with Crippen molar-refractivity contribution in [2.45, 2.75) is 76.7 Å². The van der Waals surface area contributed by atoms with E-state index in [0.717, 1.165) is 5.69 Å². The predicted octanol–water partition coefficient (Wildman–Crippen LogP) is 6.30. The molecule has 0 saturated heterocycles. The Bertz CT molecular complexity index is 466. The van der Waals surface area contributed by atoms with E-state index in [2.05, 4.69) is 10.6 Å². The molecule has 1 fully saturated rings. The standard InChI is InChI=1S/C19H29ClN2S/c20-17-14-10-11-15-18(17)22-19(23)21-16-12-8-6-4-2-1-3-5-7-9-13-16/h10-11,14-16H,1-9,12-13H2,(H2,21,22,23). The molecular weight excluding hydrogens is 324 g/mol. The van der Waals surface area contributed by atoms with Crippen LogP contribution in [0, 0.1) is 0 Å². The van der Waals surface area contributed by atoms with Gasteiger partial charge in [-0.15, -0.1) is 0 Å². The number of benzene rings is 1. The summed E-state index contributed by atoms with van der Waals surface area (Å²) in [5, 5.41) is 8.13. The lowest BCUT2D eigenvalue weighted by atomic mass is 9.98. The topological polar surface area (TPSA) is 24.1 Å². The van der Waals surface area contributed by atoms with Gasteiger partial charge in [0.2, 0.25) is 0 Å². The van der Waals surface area contributed by atoms with Crippen LogP contribution in [0.5, 0.6) is 0 Å². The largest absolute Gasteiger partial charge is 0.360 e. The molecule has 0 heterocycles. The molecule has 128 valence electrons. The first-order valence-corrected chi connectivity index (χ1v) is 9.86. The molecule has 23 heavy (non-hydrogen) atoms. The van der Waals surface area contributed by atoms with Gasteiger partial charge in [0.15, 0.2) is 5.11 Å². The Morgan fingerprint density at radius 2 is 1.39 bits per heavy atom. The lowest BCUT2D eigenvalue weighted by Crippen LogP contribution is -2.37. The predicted molar refractivity (Wildman–Crippen MR) is 105 cm³/mol. The minimum atomic E-state index is 0.483. The van der Waals surface area contributed by atoms with E-state index in [1.807, 2.05) is 24.3 Å². The molecule has 1 aliphatic rings. The van der Waals surface area contributed by atoms with E-state index in [4.69, 9.17) is 23.8 Å². The monoisotopic (exact) mass is 352 g/mol. The minimum Gasteiger partial charge on any atom is -0.360 e. The van der Waals surface area contributed by atoms with Crippen molar-refractivity contribution in [3.05, 3.63) is 29.3 Å². The van der Waals surface area contributed by atoms with Crippen molar-refractivity contribution in [2.24, 2.45) is 0 Å². The molecule has 0 aromatic heterocycles. The maximum atomic E-state index is 6.18. The van der Waals surface area contributed by atoms with Crippen LogP contribution in [-0.2, 0) is 0 Å². The van der Waals surface area contributed by atoms with E-state index >= 15 is 0 Å². The summed E-state index contributed by atoms with van der Waals surface area (Å²) in [5.41, 5.74) is 0.875. The van der Waals surface area contributed by atoms with Gasteiger partial charge in [0, 0.05) is 6.04 Å². The number of hydrogen-bond donors (Lipinski definition) is 2. The van der Waals surface area contributed by atoms with E-state index in [1.165, 1.54) is 70.6 Å². The molecule has 4 heteroatoms. The first kappa shape index (κ1) is 18.5. The molecule has 2 nitrogen and oxygen atoms in total. The highest BCUT2D eigenvalue weighted by Crippen LogP contribution is 2.21. The second-order valence-electron chi connectivity index (χ2n) is 6.53. The Labute approximate surface area is 151 Å². The molecule has 1 saturated carbocycles. The average molecular weight is 353 g/mol. The normalized spacial score (nSPS) is 18.5. The first-order chi connectivity index (χ1) is 11.3. The summed E-state index contributed by atoms with van der Waals surface area (Å²) < 4.78 is 0. The molecule has 1 aromatic carbocycles. The van der Waals surface area contributed by atoms with Crippen molar-refractivity contribution in [3.8, 4) is 0 Å². The Balaban J connectivity index is 1.82. The van der Waals surface area contributed by atoms with E-state index in [-0.39, 0.29) is 0 Å². The van der Waals surface area contributed by atoms with Crippen LogP contribution in [0.1, 0.15) is 70.6 Å². The Hall–Kier alpha value is -0.800. The third-order valence-electron chi connectivity index (χ3n) is 4.56. The summed E-state index contributed by atoms with van der Waals surface area (Å²) in [5.74, 6) is 0. The molecule has 1 aliphatic carbocycles. The number of thiocarbonyl (C=S) groups is 1. The zero-order valence-corrected chi connectivity index (χ0v) is 15.5. The second kappa shape index (κ2) is 10.9. The van der Waals surface area contributed by atoms with Crippen molar-refractivity contribution < 1.29 is 0 Å². The molecule has 1 aromatic rings. The number of halogens is 1. The van der Waals surface area contributed by atoms with E-state index < -0.39 is 0 Å². The maximum Gasteiger partial charge on any atom is 0.171 e. The summed E-state index contributed by atoms with van der Waals surface area (Å²) in [6.45, 7) is 0. The molecule has 0 bridgehead atoms. The third kappa shape index (κ3) is 7.54. The van der Waals surface area contributed by atoms with Gasteiger partial charge >= 0.3 is 0 Å². The molecule has 0 aliphatic heterocycles. The summed E-state index contributed by atoms with van der Waals surface area (Å²) >= 11 is 11.7. The van der Waals surface area contributed by atoms with Crippen LogP contribution >= 0.6 is 23.8 Å². The highest BCUT2D eigenvalue weighted by atomic mass is 35.5. The van der Waals surface area contributed by atoms with Crippen molar-refractivity contribution >= 4 is 34.6 Å². The zero-order chi connectivity index (χ0) is 16.3. The molecule has 0 unspecified atom stereocenters. The SMILES string of the molecule is S=C(Nc1ccccc1Cl)NC1CCCCCCCCCCC1. The van der Waals surface area contributed by atoms with Gasteiger partial charge in [0.25, 0.3) is 0 Å². The highest BCUT2D eigenvalue weighted by Gasteiger charge is 2.11. The molecule has 0 amide bonds. The third-order valence-corrected chi connectivity index (χ3v) is 5.11. The Morgan fingerprint density at radius 1 is 0.870 bits per heavy atom.